The van der Waals surface area contributed by atoms with Crippen molar-refractivity contribution in [1.29, 1.82) is 5.26 Å². The van der Waals surface area contributed by atoms with Crippen molar-refractivity contribution < 1.29 is 4.79 Å². The number of nitriles is 1. The van der Waals surface area contributed by atoms with Gasteiger partial charge >= 0.3 is 0 Å². The van der Waals surface area contributed by atoms with E-state index in [4.69, 9.17) is 5.26 Å². The summed E-state index contributed by atoms with van der Waals surface area (Å²) in [5.74, 6) is 0.452. The topological polar surface area (TPSA) is 77.8 Å². The summed E-state index contributed by atoms with van der Waals surface area (Å²) in [6.07, 6.45) is 3.31. The summed E-state index contributed by atoms with van der Waals surface area (Å²) in [6, 6.07) is 5.14. The molecular formula is C11H12N4O. The second kappa shape index (κ2) is 4.62. The van der Waals surface area contributed by atoms with E-state index in [0.717, 1.165) is 19.4 Å². The molecule has 2 heterocycles. The number of aromatic nitrogens is 1. The van der Waals surface area contributed by atoms with Gasteiger partial charge in [-0.3, -0.25) is 4.79 Å². The van der Waals surface area contributed by atoms with Crippen LogP contribution >= 0.6 is 0 Å². The van der Waals surface area contributed by atoms with Gasteiger partial charge in [0.15, 0.2) is 0 Å². The molecule has 82 valence electrons. The van der Waals surface area contributed by atoms with Gasteiger partial charge in [0.05, 0.1) is 5.56 Å². The van der Waals surface area contributed by atoms with Gasteiger partial charge in [-0.2, -0.15) is 5.26 Å². The Balaban J connectivity index is 2.14. The van der Waals surface area contributed by atoms with E-state index >= 15 is 0 Å². The average molecular weight is 216 g/mol. The van der Waals surface area contributed by atoms with Crippen LogP contribution in [-0.4, -0.2) is 23.5 Å². The van der Waals surface area contributed by atoms with E-state index in [9.17, 15) is 4.79 Å². The number of pyridine rings is 1. The Bertz CT molecular complexity index is 438. The third-order valence-electron chi connectivity index (χ3n) is 2.52. The number of hydrogen-bond acceptors (Lipinski definition) is 4. The van der Waals surface area contributed by atoms with Crippen LogP contribution in [0.15, 0.2) is 18.3 Å². The summed E-state index contributed by atoms with van der Waals surface area (Å²) < 4.78 is 0. The zero-order chi connectivity index (χ0) is 11.4. The lowest BCUT2D eigenvalue weighted by Crippen LogP contribution is -2.44. The maximum atomic E-state index is 11.5. The van der Waals surface area contributed by atoms with Gasteiger partial charge in [-0.25, -0.2) is 4.98 Å². The summed E-state index contributed by atoms with van der Waals surface area (Å²) >= 11 is 0. The fourth-order valence-corrected chi connectivity index (χ4v) is 1.69. The summed E-state index contributed by atoms with van der Waals surface area (Å²) in [4.78, 5) is 15.6. The molecule has 2 rings (SSSR count). The van der Waals surface area contributed by atoms with E-state index in [1.165, 1.54) is 0 Å². The Morgan fingerprint density at radius 1 is 1.62 bits per heavy atom. The first kappa shape index (κ1) is 10.4. The molecule has 5 heteroatoms. The highest BCUT2D eigenvalue weighted by Gasteiger charge is 2.22. The number of nitrogens with one attached hydrogen (secondary N) is 2. The van der Waals surface area contributed by atoms with Gasteiger partial charge in [0.1, 0.15) is 17.9 Å². The van der Waals surface area contributed by atoms with E-state index in [2.05, 4.69) is 15.6 Å². The highest BCUT2D eigenvalue weighted by atomic mass is 16.2. The molecule has 16 heavy (non-hydrogen) atoms. The minimum Gasteiger partial charge on any atom is -0.357 e. The molecule has 1 unspecified atom stereocenters. The molecule has 0 bridgehead atoms. The summed E-state index contributed by atoms with van der Waals surface area (Å²) in [6.45, 7) is 0.727. The highest BCUT2D eigenvalue weighted by Crippen LogP contribution is 2.14. The second-order valence-electron chi connectivity index (χ2n) is 3.64. The Kier molecular flexibility index (Phi) is 3.01. The number of anilines is 1. The fraction of sp³-hybridized carbons (Fsp3) is 0.364. The molecule has 1 aromatic rings. The maximum Gasteiger partial charge on any atom is 0.242 e. The molecule has 0 spiro atoms. The zero-order valence-corrected chi connectivity index (χ0v) is 8.73. The van der Waals surface area contributed by atoms with Crippen molar-refractivity contribution in [3.05, 3.63) is 23.9 Å². The first-order valence-electron chi connectivity index (χ1n) is 5.20. The van der Waals surface area contributed by atoms with Crippen LogP contribution in [0.4, 0.5) is 5.82 Å². The standard InChI is InChI=1S/C11H12N4O/c12-7-8-3-1-5-13-10(8)15-9-4-2-6-14-11(9)16/h1,3,5,9H,2,4,6H2,(H,13,15)(H,14,16). The van der Waals surface area contributed by atoms with Crippen LogP contribution in [0, 0.1) is 11.3 Å². The SMILES string of the molecule is N#Cc1cccnc1NC1CCCNC1=O. The Hall–Kier alpha value is -2.09. The molecule has 0 saturated carbocycles. The van der Waals surface area contributed by atoms with Crippen LogP contribution in [0.25, 0.3) is 0 Å². The van der Waals surface area contributed by atoms with Crippen molar-refractivity contribution in [2.45, 2.75) is 18.9 Å². The van der Waals surface area contributed by atoms with Crippen molar-refractivity contribution in [3.8, 4) is 6.07 Å². The molecule has 0 aromatic carbocycles. The van der Waals surface area contributed by atoms with Crippen LogP contribution in [0.2, 0.25) is 0 Å². The largest absolute Gasteiger partial charge is 0.357 e. The van der Waals surface area contributed by atoms with Crippen LogP contribution < -0.4 is 10.6 Å². The smallest absolute Gasteiger partial charge is 0.242 e. The number of nitrogens with zero attached hydrogens (tertiary/aromatic N) is 2. The molecule has 0 radical (unpaired) electrons. The Morgan fingerprint density at radius 3 is 3.25 bits per heavy atom. The number of carbonyl (C=O) groups is 1. The minimum atomic E-state index is -0.282. The lowest BCUT2D eigenvalue weighted by Gasteiger charge is -2.23. The third kappa shape index (κ3) is 2.11. The molecule has 1 amide bonds. The Labute approximate surface area is 93.5 Å². The maximum absolute atomic E-state index is 11.5. The lowest BCUT2D eigenvalue weighted by molar-refractivity contribution is -0.123. The second-order valence-corrected chi connectivity index (χ2v) is 3.64. The molecule has 1 aliphatic heterocycles. The van der Waals surface area contributed by atoms with E-state index in [-0.39, 0.29) is 11.9 Å². The molecule has 1 aliphatic rings. The first-order chi connectivity index (χ1) is 7.81. The molecule has 0 aliphatic carbocycles. The molecule has 1 saturated heterocycles. The van der Waals surface area contributed by atoms with E-state index in [1.807, 2.05) is 6.07 Å². The third-order valence-corrected chi connectivity index (χ3v) is 2.52. The molecule has 1 fully saturated rings. The normalized spacial score (nSPS) is 19.7. The minimum absolute atomic E-state index is 0.0270. The number of hydrogen-bond donors (Lipinski definition) is 2. The predicted molar refractivity (Wildman–Crippen MR) is 58.6 cm³/mol. The fourth-order valence-electron chi connectivity index (χ4n) is 1.69. The predicted octanol–water partition coefficient (Wildman–Crippen LogP) is 0.644. The number of carbonyl (C=O) groups excluding carboxylic acids is 1. The first-order valence-corrected chi connectivity index (χ1v) is 5.20. The molecule has 5 nitrogen and oxygen atoms in total. The monoisotopic (exact) mass is 216 g/mol. The van der Waals surface area contributed by atoms with E-state index < -0.39 is 0 Å². The summed E-state index contributed by atoms with van der Waals surface area (Å²) in [5.41, 5.74) is 0.459. The van der Waals surface area contributed by atoms with Crippen LogP contribution in [0.3, 0.4) is 0 Å². The number of amides is 1. The van der Waals surface area contributed by atoms with Crippen molar-refractivity contribution in [2.24, 2.45) is 0 Å². The van der Waals surface area contributed by atoms with Crippen LogP contribution in [0.5, 0.6) is 0 Å². The van der Waals surface area contributed by atoms with Gasteiger partial charge in [-0.15, -0.1) is 0 Å². The van der Waals surface area contributed by atoms with Crippen molar-refractivity contribution in [3.63, 3.8) is 0 Å². The molecular weight excluding hydrogens is 204 g/mol. The van der Waals surface area contributed by atoms with Crippen molar-refractivity contribution >= 4 is 11.7 Å². The van der Waals surface area contributed by atoms with Crippen LogP contribution in [0.1, 0.15) is 18.4 Å². The summed E-state index contributed by atoms with van der Waals surface area (Å²) in [7, 11) is 0. The van der Waals surface area contributed by atoms with Gasteiger partial charge in [-0.1, -0.05) is 0 Å². The van der Waals surface area contributed by atoms with E-state index in [0.29, 0.717) is 11.4 Å². The molecule has 1 atom stereocenters. The van der Waals surface area contributed by atoms with Crippen molar-refractivity contribution in [2.75, 3.05) is 11.9 Å². The highest BCUT2D eigenvalue weighted by molar-refractivity contribution is 5.85. The van der Waals surface area contributed by atoms with Gasteiger partial charge < -0.3 is 10.6 Å². The van der Waals surface area contributed by atoms with Gasteiger partial charge in [-0.05, 0) is 25.0 Å². The number of rotatable bonds is 2. The quantitative estimate of drug-likeness (QED) is 0.760. The lowest BCUT2D eigenvalue weighted by atomic mass is 10.1. The number of piperidine rings is 1. The van der Waals surface area contributed by atoms with Gasteiger partial charge in [0, 0.05) is 12.7 Å². The van der Waals surface area contributed by atoms with Crippen molar-refractivity contribution in [1.82, 2.24) is 10.3 Å². The van der Waals surface area contributed by atoms with Crippen LogP contribution in [-0.2, 0) is 4.79 Å². The Morgan fingerprint density at radius 2 is 2.50 bits per heavy atom. The van der Waals surface area contributed by atoms with Gasteiger partial charge in [0.25, 0.3) is 0 Å². The molecule has 1 aromatic heterocycles. The summed E-state index contributed by atoms with van der Waals surface area (Å²) in [5, 5.41) is 14.7. The van der Waals surface area contributed by atoms with E-state index in [1.54, 1.807) is 18.3 Å². The zero-order valence-electron chi connectivity index (χ0n) is 8.73. The van der Waals surface area contributed by atoms with Gasteiger partial charge in [0.2, 0.25) is 5.91 Å². The molecule has 2 N–H and O–H groups in total. The average Bonchev–Trinajstić information content (AvgIpc) is 2.33.